The fourth-order valence-electron chi connectivity index (χ4n) is 3.44. The summed E-state index contributed by atoms with van der Waals surface area (Å²) in [7, 11) is 1.59. The maximum atomic E-state index is 12.6. The number of hydrogen-bond acceptors (Lipinski definition) is 3. The van der Waals surface area contributed by atoms with Crippen LogP contribution in [-0.2, 0) is 6.42 Å². The Bertz CT molecular complexity index is 897. The molecule has 0 saturated carbocycles. The van der Waals surface area contributed by atoms with Crippen molar-refractivity contribution in [3.8, 4) is 5.75 Å². The fraction of sp³-hybridized carbons (Fsp3) is 0.250. The van der Waals surface area contributed by atoms with Crippen molar-refractivity contribution in [3.63, 3.8) is 0 Å². The SMILES string of the molecule is COc1cccc2cc(C(=O)NC3CCCc4ccccc43)oc12. The number of hydrogen-bond donors (Lipinski definition) is 1. The highest BCUT2D eigenvalue weighted by Gasteiger charge is 2.23. The number of rotatable bonds is 3. The second-order valence-electron chi connectivity index (χ2n) is 6.11. The molecule has 1 heterocycles. The Morgan fingerprint density at radius 2 is 2.08 bits per heavy atom. The lowest BCUT2D eigenvalue weighted by atomic mass is 9.88. The molecule has 0 spiro atoms. The number of fused-ring (bicyclic) bond motifs is 2. The third kappa shape index (κ3) is 2.54. The molecule has 1 aliphatic carbocycles. The molecule has 0 saturated heterocycles. The first-order valence-electron chi connectivity index (χ1n) is 8.21. The molecule has 0 bridgehead atoms. The first-order chi connectivity index (χ1) is 11.8. The van der Waals surface area contributed by atoms with Crippen molar-refractivity contribution in [1.82, 2.24) is 5.32 Å². The average molecular weight is 321 g/mol. The molecule has 0 aliphatic heterocycles. The van der Waals surface area contributed by atoms with Crippen molar-refractivity contribution in [2.24, 2.45) is 0 Å². The van der Waals surface area contributed by atoms with Crippen LogP contribution in [0.1, 0.15) is 40.6 Å². The van der Waals surface area contributed by atoms with Gasteiger partial charge in [-0.3, -0.25) is 4.79 Å². The summed E-state index contributed by atoms with van der Waals surface area (Å²) in [4.78, 5) is 12.6. The van der Waals surface area contributed by atoms with Gasteiger partial charge in [0.2, 0.25) is 0 Å². The molecule has 0 fully saturated rings. The van der Waals surface area contributed by atoms with Gasteiger partial charge in [-0.15, -0.1) is 0 Å². The molecule has 24 heavy (non-hydrogen) atoms. The summed E-state index contributed by atoms with van der Waals surface area (Å²) in [6.07, 6.45) is 3.10. The lowest BCUT2D eigenvalue weighted by molar-refractivity contribution is 0.0906. The number of methoxy groups -OCH3 is 1. The molecule has 1 atom stereocenters. The number of carbonyl (C=O) groups excluding carboxylic acids is 1. The van der Waals surface area contributed by atoms with E-state index in [1.807, 2.05) is 24.3 Å². The normalized spacial score (nSPS) is 16.6. The summed E-state index contributed by atoms with van der Waals surface area (Å²) < 4.78 is 11.0. The molecule has 122 valence electrons. The van der Waals surface area contributed by atoms with Crippen molar-refractivity contribution in [3.05, 3.63) is 65.4 Å². The number of para-hydroxylation sites is 1. The third-order valence-corrected chi connectivity index (χ3v) is 4.63. The van der Waals surface area contributed by atoms with Crippen molar-refractivity contribution in [2.75, 3.05) is 7.11 Å². The van der Waals surface area contributed by atoms with Crippen LogP contribution < -0.4 is 10.1 Å². The van der Waals surface area contributed by atoms with Gasteiger partial charge in [0.05, 0.1) is 13.2 Å². The van der Waals surface area contributed by atoms with Gasteiger partial charge in [-0.1, -0.05) is 36.4 Å². The highest BCUT2D eigenvalue weighted by molar-refractivity contribution is 5.97. The summed E-state index contributed by atoms with van der Waals surface area (Å²) in [5.41, 5.74) is 3.14. The van der Waals surface area contributed by atoms with Crippen LogP contribution in [0, 0.1) is 0 Å². The molecule has 1 aliphatic rings. The van der Waals surface area contributed by atoms with Crippen molar-refractivity contribution < 1.29 is 13.9 Å². The number of furan rings is 1. The minimum absolute atomic E-state index is 0.0394. The smallest absolute Gasteiger partial charge is 0.287 e. The minimum atomic E-state index is -0.185. The number of ether oxygens (including phenoxy) is 1. The standard InChI is InChI=1S/C20H19NO3/c1-23-17-11-5-8-14-12-18(24-19(14)17)20(22)21-16-10-4-7-13-6-2-3-9-15(13)16/h2-3,5-6,8-9,11-12,16H,4,7,10H2,1H3,(H,21,22). The van der Waals surface area contributed by atoms with Gasteiger partial charge in [-0.25, -0.2) is 0 Å². The second kappa shape index (κ2) is 6.04. The lowest BCUT2D eigenvalue weighted by Gasteiger charge is -2.25. The van der Waals surface area contributed by atoms with Crippen LogP contribution >= 0.6 is 0 Å². The first-order valence-corrected chi connectivity index (χ1v) is 8.21. The van der Waals surface area contributed by atoms with Crippen LogP contribution in [0.4, 0.5) is 0 Å². The Kier molecular flexibility index (Phi) is 3.73. The molecule has 1 unspecified atom stereocenters. The summed E-state index contributed by atoms with van der Waals surface area (Å²) in [5.74, 6) is 0.766. The second-order valence-corrected chi connectivity index (χ2v) is 6.11. The van der Waals surface area contributed by atoms with Gasteiger partial charge >= 0.3 is 0 Å². The van der Waals surface area contributed by atoms with E-state index in [1.54, 1.807) is 13.2 Å². The molecule has 4 nitrogen and oxygen atoms in total. The summed E-state index contributed by atoms with van der Waals surface area (Å²) >= 11 is 0. The van der Waals surface area contributed by atoms with E-state index in [9.17, 15) is 4.79 Å². The average Bonchev–Trinajstić information content (AvgIpc) is 3.06. The number of benzene rings is 2. The molecular weight excluding hydrogens is 302 g/mol. The quantitative estimate of drug-likeness (QED) is 0.784. The molecule has 3 aromatic rings. The van der Waals surface area contributed by atoms with Crippen LogP contribution in [-0.4, -0.2) is 13.0 Å². The highest BCUT2D eigenvalue weighted by Crippen LogP contribution is 2.31. The van der Waals surface area contributed by atoms with E-state index in [0.29, 0.717) is 17.1 Å². The zero-order valence-corrected chi connectivity index (χ0v) is 13.5. The summed E-state index contributed by atoms with van der Waals surface area (Å²) in [5, 5.41) is 3.98. The monoisotopic (exact) mass is 321 g/mol. The molecule has 1 amide bonds. The predicted octanol–water partition coefficient (Wildman–Crippen LogP) is 4.25. The van der Waals surface area contributed by atoms with Gasteiger partial charge in [0, 0.05) is 5.39 Å². The lowest BCUT2D eigenvalue weighted by Crippen LogP contribution is -2.30. The zero-order valence-electron chi connectivity index (χ0n) is 13.5. The van der Waals surface area contributed by atoms with Crippen molar-refractivity contribution in [1.29, 1.82) is 0 Å². The van der Waals surface area contributed by atoms with E-state index < -0.39 is 0 Å². The van der Waals surface area contributed by atoms with E-state index in [0.717, 1.165) is 24.6 Å². The van der Waals surface area contributed by atoms with Crippen LogP contribution in [0.5, 0.6) is 5.75 Å². The Hall–Kier alpha value is -2.75. The number of amides is 1. The molecule has 1 aromatic heterocycles. The van der Waals surface area contributed by atoms with Crippen LogP contribution in [0.25, 0.3) is 11.0 Å². The Labute approximate surface area is 140 Å². The van der Waals surface area contributed by atoms with Crippen LogP contribution in [0.15, 0.2) is 52.9 Å². The van der Waals surface area contributed by atoms with Gasteiger partial charge in [0.1, 0.15) is 0 Å². The van der Waals surface area contributed by atoms with Gasteiger partial charge < -0.3 is 14.5 Å². The summed E-state index contributed by atoms with van der Waals surface area (Å²) in [6, 6.07) is 15.7. The van der Waals surface area contributed by atoms with E-state index in [2.05, 4.69) is 23.5 Å². The molecule has 4 rings (SSSR count). The first kappa shape index (κ1) is 14.8. The van der Waals surface area contributed by atoms with Crippen molar-refractivity contribution in [2.45, 2.75) is 25.3 Å². The van der Waals surface area contributed by atoms with Gasteiger partial charge in [-0.2, -0.15) is 0 Å². The molecule has 4 heteroatoms. The topological polar surface area (TPSA) is 51.5 Å². The van der Waals surface area contributed by atoms with Gasteiger partial charge in [0.15, 0.2) is 17.1 Å². The number of carbonyl (C=O) groups is 1. The maximum Gasteiger partial charge on any atom is 0.287 e. The Morgan fingerprint density at radius 3 is 2.96 bits per heavy atom. The van der Waals surface area contributed by atoms with Gasteiger partial charge in [0.25, 0.3) is 5.91 Å². The minimum Gasteiger partial charge on any atom is -0.493 e. The molecule has 1 N–H and O–H groups in total. The third-order valence-electron chi connectivity index (χ3n) is 4.63. The van der Waals surface area contributed by atoms with Crippen molar-refractivity contribution >= 4 is 16.9 Å². The molecule has 2 aromatic carbocycles. The zero-order chi connectivity index (χ0) is 16.5. The Morgan fingerprint density at radius 1 is 1.21 bits per heavy atom. The Balaban J connectivity index is 1.61. The maximum absolute atomic E-state index is 12.6. The van der Waals surface area contributed by atoms with E-state index in [1.165, 1.54) is 11.1 Å². The largest absolute Gasteiger partial charge is 0.493 e. The number of aryl methyl sites for hydroxylation is 1. The van der Waals surface area contributed by atoms with E-state index >= 15 is 0 Å². The van der Waals surface area contributed by atoms with E-state index in [-0.39, 0.29) is 11.9 Å². The van der Waals surface area contributed by atoms with E-state index in [4.69, 9.17) is 9.15 Å². The van der Waals surface area contributed by atoms with Crippen LogP contribution in [0.3, 0.4) is 0 Å². The predicted molar refractivity (Wildman–Crippen MR) is 92.4 cm³/mol. The fourth-order valence-corrected chi connectivity index (χ4v) is 3.44. The van der Waals surface area contributed by atoms with Gasteiger partial charge in [-0.05, 0) is 42.5 Å². The number of nitrogens with one attached hydrogen (secondary N) is 1. The molecular formula is C20H19NO3. The van der Waals surface area contributed by atoms with Crippen LogP contribution in [0.2, 0.25) is 0 Å². The molecule has 0 radical (unpaired) electrons. The summed E-state index contributed by atoms with van der Waals surface area (Å²) in [6.45, 7) is 0. The highest BCUT2D eigenvalue weighted by atomic mass is 16.5.